The Balaban J connectivity index is 0.000000118. The van der Waals surface area contributed by atoms with E-state index < -0.39 is 0 Å². The molecule has 3 fully saturated rings. The summed E-state index contributed by atoms with van der Waals surface area (Å²) in [7, 11) is 0. The number of fused-ring (bicyclic) bond motifs is 3. The van der Waals surface area contributed by atoms with Crippen molar-refractivity contribution in [2.75, 3.05) is 0 Å². The zero-order chi connectivity index (χ0) is 18.3. The van der Waals surface area contributed by atoms with Gasteiger partial charge in [-0.05, 0) is 57.8 Å². The number of allylic oxidation sites excluding steroid dienone is 12. The molecule has 0 aliphatic heterocycles. The largest absolute Gasteiger partial charge is 0.0762 e. The molecule has 0 N–H and O–H groups in total. The molecule has 6 rings (SSSR count). The molecule has 0 aromatic heterocycles. The Bertz CT molecular complexity index is 503. The van der Waals surface area contributed by atoms with Gasteiger partial charge >= 0.3 is 0 Å². The Labute approximate surface area is 206 Å². The van der Waals surface area contributed by atoms with E-state index in [1.165, 1.54) is 35.5 Å². The van der Waals surface area contributed by atoms with Crippen LogP contribution in [0.2, 0.25) is 0 Å². The second kappa shape index (κ2) is 11.9. The van der Waals surface area contributed by atoms with Crippen LogP contribution in [0.3, 0.4) is 0 Å². The first-order valence-electron chi connectivity index (χ1n) is 9.21. The number of hydrogen-bond acceptors (Lipinski definition) is 0. The summed E-state index contributed by atoms with van der Waals surface area (Å²) < 4.78 is 0. The molecule has 1 heteroatoms. The standard InChI is InChI=1S/3C9H7.Pr/c3*1-2-5-9-7-3-6-8(9)4-1;/h3*1-7H;. The van der Waals surface area contributed by atoms with Crippen molar-refractivity contribution in [2.45, 2.75) is 0 Å². The minimum absolute atomic E-state index is 0. The quantitative estimate of drug-likeness (QED) is 0.415. The van der Waals surface area contributed by atoms with E-state index in [4.69, 9.17) is 0 Å². The van der Waals surface area contributed by atoms with Crippen molar-refractivity contribution in [1.82, 2.24) is 0 Å². The molecule has 0 atom stereocenters. The van der Waals surface area contributed by atoms with Gasteiger partial charge in [-0.3, -0.25) is 0 Å². The smallest absolute Gasteiger partial charge is 0.0124 e. The molecule has 0 nitrogen and oxygen atoms in total. The Kier molecular flexibility index (Phi) is 9.52. The predicted molar refractivity (Wildman–Crippen MR) is 113 cm³/mol. The maximum Gasteiger partial charge on any atom is 0.0124 e. The SMILES string of the molecule is [CH]1[CH][C]2C=CC=C[C]2[CH]1.[CH]1[CH][C]2C=CC=C[C]2[CH]1.[CH]1[CH][C]2C=CC=C[C]2[CH]1.[Pr]. The predicted octanol–water partition coefficient (Wildman–Crippen LogP) is 5.66. The van der Waals surface area contributed by atoms with Crippen molar-refractivity contribution in [3.8, 4) is 0 Å². The fourth-order valence-electron chi connectivity index (χ4n) is 3.21. The van der Waals surface area contributed by atoms with Gasteiger partial charge in [0.25, 0.3) is 0 Å². The molecule has 3 saturated carbocycles. The first-order chi connectivity index (χ1) is 13.4. The summed E-state index contributed by atoms with van der Waals surface area (Å²) in [5.74, 6) is 7.99. The van der Waals surface area contributed by atoms with Gasteiger partial charge in [0.15, 0.2) is 0 Å². The summed E-state index contributed by atoms with van der Waals surface area (Å²) in [6, 6.07) is 0. The maximum absolute atomic E-state index is 2.12. The number of rotatable bonds is 0. The molecule has 6 aliphatic rings. The molecule has 0 spiro atoms. The van der Waals surface area contributed by atoms with Crippen molar-refractivity contribution in [1.29, 1.82) is 0 Å². The Morgan fingerprint density at radius 1 is 0.286 bits per heavy atom. The molecule has 0 heterocycles. The van der Waals surface area contributed by atoms with E-state index in [2.05, 4.69) is 131 Å². The van der Waals surface area contributed by atoms with Crippen LogP contribution in [0.4, 0.5) is 0 Å². The Morgan fingerprint density at radius 2 is 0.464 bits per heavy atom. The van der Waals surface area contributed by atoms with Crippen LogP contribution in [0.5, 0.6) is 0 Å². The van der Waals surface area contributed by atoms with Gasteiger partial charge in [0.1, 0.15) is 0 Å². The van der Waals surface area contributed by atoms with Crippen LogP contribution in [0.25, 0.3) is 0 Å². The van der Waals surface area contributed by atoms with Gasteiger partial charge in [-0.2, -0.15) is 0 Å². The third kappa shape index (κ3) is 6.15. The summed E-state index contributed by atoms with van der Waals surface area (Å²) in [6.45, 7) is 0. The minimum atomic E-state index is 0. The van der Waals surface area contributed by atoms with Gasteiger partial charge in [0, 0.05) is 76.8 Å². The Hall–Kier alpha value is -0.196. The third-order valence-corrected chi connectivity index (χ3v) is 4.64. The summed E-state index contributed by atoms with van der Waals surface area (Å²) in [4.78, 5) is 0. The van der Waals surface area contributed by atoms with Gasteiger partial charge in [0.2, 0.25) is 0 Å². The first-order valence-corrected chi connectivity index (χ1v) is 9.21. The van der Waals surface area contributed by atoms with E-state index in [-0.39, 0.29) is 41.3 Å². The topological polar surface area (TPSA) is 0 Å². The van der Waals surface area contributed by atoms with Gasteiger partial charge < -0.3 is 0 Å². The fourth-order valence-corrected chi connectivity index (χ4v) is 3.21. The molecule has 0 aromatic rings. The second-order valence-corrected chi connectivity index (χ2v) is 6.46. The second-order valence-electron chi connectivity index (χ2n) is 6.46. The molecule has 132 valence electrons. The summed E-state index contributed by atoms with van der Waals surface area (Å²) >= 11 is 0. The van der Waals surface area contributed by atoms with E-state index in [0.717, 1.165) is 0 Å². The van der Waals surface area contributed by atoms with Crippen LogP contribution in [0.15, 0.2) is 72.9 Å². The van der Waals surface area contributed by atoms with Crippen LogP contribution in [0.1, 0.15) is 0 Å². The van der Waals surface area contributed by atoms with E-state index in [1.807, 2.05) is 0 Å². The maximum atomic E-state index is 2.12. The summed E-state index contributed by atoms with van der Waals surface area (Å²) in [5, 5.41) is 0. The zero-order valence-corrected chi connectivity index (χ0v) is 19.4. The van der Waals surface area contributed by atoms with Crippen molar-refractivity contribution in [3.05, 3.63) is 166 Å². The monoisotopic (exact) mass is 486 g/mol. The molecule has 16 radical (unpaired) electrons. The molecule has 6 aliphatic carbocycles. The van der Waals surface area contributed by atoms with E-state index in [0.29, 0.717) is 0 Å². The van der Waals surface area contributed by atoms with E-state index >= 15 is 0 Å². The normalized spacial score (nSPS) is 26.1. The van der Waals surface area contributed by atoms with Gasteiger partial charge in [-0.25, -0.2) is 0 Å². The number of hydrogen-bond donors (Lipinski definition) is 0. The zero-order valence-electron chi connectivity index (χ0n) is 15.7. The van der Waals surface area contributed by atoms with Crippen molar-refractivity contribution >= 4 is 0 Å². The molecule has 0 unspecified atom stereocenters. The van der Waals surface area contributed by atoms with Crippen LogP contribution in [-0.2, 0) is 0 Å². The molecule has 0 amide bonds. The Morgan fingerprint density at radius 3 is 0.643 bits per heavy atom. The van der Waals surface area contributed by atoms with Gasteiger partial charge in [-0.15, -0.1) is 0 Å². The van der Waals surface area contributed by atoms with E-state index in [9.17, 15) is 0 Å². The first kappa shape index (κ1) is 22.5. The summed E-state index contributed by atoms with van der Waals surface area (Å²) in [6.07, 6.45) is 44.0. The van der Waals surface area contributed by atoms with Crippen LogP contribution >= 0.6 is 0 Å². The molecule has 0 saturated heterocycles. The molecule has 28 heavy (non-hydrogen) atoms. The van der Waals surface area contributed by atoms with Crippen LogP contribution in [0, 0.1) is 135 Å². The average molecular weight is 486 g/mol. The van der Waals surface area contributed by atoms with Crippen LogP contribution < -0.4 is 0 Å². The van der Waals surface area contributed by atoms with Gasteiger partial charge in [-0.1, -0.05) is 72.9 Å². The molecular formula is C27H21Pr. The third-order valence-electron chi connectivity index (χ3n) is 4.64. The summed E-state index contributed by atoms with van der Waals surface area (Å²) in [5.41, 5.74) is 0. The molecular weight excluding hydrogens is 465 g/mol. The van der Waals surface area contributed by atoms with E-state index in [1.54, 1.807) is 0 Å². The fraction of sp³-hybridized carbons (Fsp3) is 0. The van der Waals surface area contributed by atoms with Crippen molar-refractivity contribution in [3.63, 3.8) is 0 Å². The minimum Gasteiger partial charge on any atom is -0.0762 e. The molecule has 0 bridgehead atoms. The average Bonchev–Trinajstić information content (AvgIpc) is 3.48. The molecule has 0 aromatic carbocycles. The van der Waals surface area contributed by atoms with Crippen molar-refractivity contribution < 1.29 is 41.3 Å². The van der Waals surface area contributed by atoms with Crippen LogP contribution in [-0.4, -0.2) is 0 Å². The van der Waals surface area contributed by atoms with Crippen molar-refractivity contribution in [2.24, 2.45) is 0 Å². The van der Waals surface area contributed by atoms with Gasteiger partial charge in [0.05, 0.1) is 0 Å².